The van der Waals surface area contributed by atoms with Crippen LogP contribution < -0.4 is 10.2 Å². The van der Waals surface area contributed by atoms with Crippen molar-refractivity contribution in [3.05, 3.63) is 63.0 Å². The quantitative estimate of drug-likeness (QED) is 0.433. The first kappa shape index (κ1) is 26.3. The molecule has 6 nitrogen and oxygen atoms in total. The van der Waals surface area contributed by atoms with E-state index in [0.717, 1.165) is 34.2 Å². The topological polar surface area (TPSA) is 69.7 Å². The van der Waals surface area contributed by atoms with Gasteiger partial charge in [0.2, 0.25) is 5.91 Å². The van der Waals surface area contributed by atoms with Gasteiger partial charge in [-0.05, 0) is 112 Å². The van der Waals surface area contributed by atoms with Crippen LogP contribution in [0.4, 0.5) is 16.2 Å². The van der Waals surface area contributed by atoms with Crippen LogP contribution in [0, 0.1) is 6.92 Å². The van der Waals surface area contributed by atoms with Crippen LogP contribution in [-0.2, 0) is 9.59 Å². The second-order valence-corrected chi connectivity index (χ2v) is 11.9. The van der Waals surface area contributed by atoms with Gasteiger partial charge in [0.05, 0.1) is 4.91 Å². The summed E-state index contributed by atoms with van der Waals surface area (Å²) in [6, 6.07) is 11.4. The van der Waals surface area contributed by atoms with Crippen molar-refractivity contribution in [2.24, 2.45) is 0 Å². The number of fused-ring (bicyclic) bond motifs is 1. The van der Waals surface area contributed by atoms with Crippen molar-refractivity contribution < 1.29 is 14.4 Å². The fourth-order valence-corrected chi connectivity index (χ4v) is 6.45. The zero-order chi connectivity index (χ0) is 26.4. The molecule has 1 fully saturated rings. The number of benzene rings is 2. The van der Waals surface area contributed by atoms with Crippen molar-refractivity contribution >= 4 is 57.9 Å². The van der Waals surface area contributed by atoms with Crippen LogP contribution >= 0.6 is 23.4 Å². The molecule has 8 heteroatoms. The molecule has 1 N–H and O–H groups in total. The highest BCUT2D eigenvalue weighted by Gasteiger charge is 2.39. The number of hydrogen-bond donors (Lipinski definition) is 1. The summed E-state index contributed by atoms with van der Waals surface area (Å²) in [5.41, 5.74) is 4.98. The zero-order valence-electron chi connectivity index (χ0n) is 21.5. The van der Waals surface area contributed by atoms with E-state index in [1.165, 1.54) is 11.3 Å². The van der Waals surface area contributed by atoms with Crippen molar-refractivity contribution in [1.29, 1.82) is 0 Å². The van der Waals surface area contributed by atoms with Crippen LogP contribution in [-0.4, -0.2) is 40.1 Å². The minimum absolute atomic E-state index is 0.0445. The Kier molecular flexibility index (Phi) is 7.26. The van der Waals surface area contributed by atoms with Crippen LogP contribution in [0.5, 0.6) is 0 Å². The molecule has 36 heavy (non-hydrogen) atoms. The first-order valence-electron chi connectivity index (χ1n) is 12.1. The molecule has 0 saturated carbocycles. The lowest BCUT2D eigenvalue weighted by Gasteiger charge is -2.50. The van der Waals surface area contributed by atoms with Gasteiger partial charge in [0, 0.05) is 28.0 Å². The molecule has 2 aliphatic heterocycles. The summed E-state index contributed by atoms with van der Waals surface area (Å²) in [6.07, 6.45) is 2.81. The fraction of sp³-hybridized carbons (Fsp3) is 0.393. The van der Waals surface area contributed by atoms with E-state index in [2.05, 4.69) is 57.0 Å². The number of amides is 3. The van der Waals surface area contributed by atoms with Crippen molar-refractivity contribution in [2.75, 3.05) is 16.8 Å². The maximum atomic E-state index is 13.1. The molecule has 0 spiro atoms. The number of nitrogens with one attached hydrogen (secondary N) is 1. The predicted molar refractivity (Wildman–Crippen MR) is 149 cm³/mol. The highest BCUT2D eigenvalue weighted by molar-refractivity contribution is 8.18. The average molecular weight is 526 g/mol. The standard InChI is InChI=1S/C28H32ClN3O3S/c1-16(2)32-23-10-17(3)19(11-22(23)18(4)14-28(32,5)6)12-24-26(34)31(27(35)36-24)15-25(33)30-21-9-7-8-20(29)13-21/h7-13,16,18H,14-15H2,1-6H3,(H,30,33)/b24-12-. The maximum absolute atomic E-state index is 13.1. The Morgan fingerprint density at radius 3 is 2.64 bits per heavy atom. The fourth-order valence-electron chi connectivity index (χ4n) is 5.43. The smallest absolute Gasteiger partial charge is 0.294 e. The van der Waals surface area contributed by atoms with Gasteiger partial charge in [0.1, 0.15) is 6.54 Å². The molecule has 1 unspecified atom stereocenters. The molecule has 190 valence electrons. The molecule has 1 saturated heterocycles. The minimum Gasteiger partial charge on any atom is -0.364 e. The Labute approximate surface area is 222 Å². The molecule has 0 aliphatic carbocycles. The molecular formula is C28H32ClN3O3S. The van der Waals surface area contributed by atoms with Crippen molar-refractivity contribution in [3.8, 4) is 0 Å². The number of anilines is 2. The molecule has 2 aliphatic rings. The van der Waals surface area contributed by atoms with E-state index in [0.29, 0.717) is 27.6 Å². The molecule has 4 rings (SSSR count). The van der Waals surface area contributed by atoms with Crippen LogP contribution in [0.1, 0.15) is 63.6 Å². The third-order valence-electron chi connectivity index (χ3n) is 6.75. The first-order valence-corrected chi connectivity index (χ1v) is 13.3. The summed E-state index contributed by atoms with van der Waals surface area (Å²) in [4.78, 5) is 41.9. The van der Waals surface area contributed by atoms with Gasteiger partial charge in [0.15, 0.2) is 0 Å². The number of hydrogen-bond acceptors (Lipinski definition) is 5. The number of aryl methyl sites for hydroxylation is 1. The zero-order valence-corrected chi connectivity index (χ0v) is 23.1. The van der Waals surface area contributed by atoms with E-state index in [4.69, 9.17) is 11.6 Å². The van der Waals surface area contributed by atoms with E-state index >= 15 is 0 Å². The molecular weight excluding hydrogens is 494 g/mol. The summed E-state index contributed by atoms with van der Waals surface area (Å²) in [6.45, 7) is 12.9. The van der Waals surface area contributed by atoms with E-state index in [1.54, 1.807) is 30.3 Å². The number of thioether (sulfide) groups is 1. The highest BCUT2D eigenvalue weighted by atomic mass is 35.5. The molecule has 3 amide bonds. The van der Waals surface area contributed by atoms with E-state index in [9.17, 15) is 14.4 Å². The number of nitrogens with zero attached hydrogens (tertiary/aromatic N) is 2. The highest BCUT2D eigenvalue weighted by Crippen LogP contribution is 2.46. The van der Waals surface area contributed by atoms with Crippen LogP contribution in [0.15, 0.2) is 41.3 Å². The van der Waals surface area contributed by atoms with Gasteiger partial charge >= 0.3 is 0 Å². The van der Waals surface area contributed by atoms with Crippen molar-refractivity contribution in [3.63, 3.8) is 0 Å². The first-order chi connectivity index (χ1) is 16.9. The molecule has 1 atom stereocenters. The van der Waals surface area contributed by atoms with Gasteiger partial charge in [-0.2, -0.15) is 0 Å². The van der Waals surface area contributed by atoms with Crippen LogP contribution in [0.25, 0.3) is 6.08 Å². The third-order valence-corrected chi connectivity index (χ3v) is 7.89. The lowest BCUT2D eigenvalue weighted by atomic mass is 9.78. The summed E-state index contributed by atoms with van der Waals surface area (Å²) in [7, 11) is 0. The second kappa shape index (κ2) is 9.94. The molecule has 0 aromatic heterocycles. The average Bonchev–Trinajstić information content (AvgIpc) is 3.01. The van der Waals surface area contributed by atoms with E-state index < -0.39 is 17.1 Å². The monoisotopic (exact) mass is 525 g/mol. The minimum atomic E-state index is -0.462. The summed E-state index contributed by atoms with van der Waals surface area (Å²) in [5.74, 6) is -0.555. The largest absolute Gasteiger partial charge is 0.364 e. The molecule has 0 radical (unpaired) electrons. The van der Waals surface area contributed by atoms with Gasteiger partial charge in [-0.15, -0.1) is 0 Å². The van der Waals surface area contributed by atoms with Crippen LogP contribution in [0.2, 0.25) is 5.02 Å². The van der Waals surface area contributed by atoms with Crippen molar-refractivity contribution in [2.45, 2.75) is 65.5 Å². The Morgan fingerprint density at radius 1 is 1.25 bits per heavy atom. The summed E-state index contributed by atoms with van der Waals surface area (Å²) < 4.78 is 0. The van der Waals surface area contributed by atoms with Gasteiger partial charge in [-0.1, -0.05) is 24.6 Å². The molecule has 2 aromatic carbocycles. The van der Waals surface area contributed by atoms with Gasteiger partial charge in [-0.3, -0.25) is 19.3 Å². The Bertz CT molecular complexity index is 1270. The Balaban J connectivity index is 1.57. The van der Waals surface area contributed by atoms with Gasteiger partial charge in [0.25, 0.3) is 11.1 Å². The van der Waals surface area contributed by atoms with Gasteiger partial charge in [-0.25, -0.2) is 0 Å². The van der Waals surface area contributed by atoms with E-state index in [1.807, 2.05) is 6.92 Å². The molecule has 0 bridgehead atoms. The maximum Gasteiger partial charge on any atom is 0.294 e. The van der Waals surface area contributed by atoms with Gasteiger partial charge < -0.3 is 10.2 Å². The van der Waals surface area contributed by atoms with Crippen molar-refractivity contribution in [1.82, 2.24) is 4.90 Å². The number of carbonyl (C=O) groups excluding carboxylic acids is 3. The third kappa shape index (κ3) is 5.18. The molecule has 2 aromatic rings. The second-order valence-electron chi connectivity index (χ2n) is 10.5. The Morgan fingerprint density at radius 2 is 1.97 bits per heavy atom. The number of carbonyl (C=O) groups is 3. The van der Waals surface area contributed by atoms with E-state index in [-0.39, 0.29) is 12.1 Å². The Hall–Kier alpha value is -2.77. The normalized spacial score (nSPS) is 20.3. The summed E-state index contributed by atoms with van der Waals surface area (Å²) >= 11 is 6.83. The number of imide groups is 1. The van der Waals surface area contributed by atoms with Crippen LogP contribution in [0.3, 0.4) is 0 Å². The lowest BCUT2D eigenvalue weighted by molar-refractivity contribution is -0.127. The lowest BCUT2D eigenvalue weighted by Crippen LogP contribution is -2.51. The summed E-state index contributed by atoms with van der Waals surface area (Å²) in [5, 5.41) is 2.71. The SMILES string of the molecule is Cc1cc2c(cc1/C=C1\SC(=O)N(CC(=O)Nc3cccc(Cl)c3)C1=O)C(C)CC(C)(C)N2C(C)C. The number of rotatable bonds is 5. The number of halogens is 1. The predicted octanol–water partition coefficient (Wildman–Crippen LogP) is 6.82. The molecule has 2 heterocycles.